The second kappa shape index (κ2) is 9.74. The zero-order valence-electron chi connectivity index (χ0n) is 20.0. The lowest BCUT2D eigenvalue weighted by Crippen LogP contribution is -2.48. The van der Waals surface area contributed by atoms with E-state index in [9.17, 15) is 9.59 Å². The molecule has 8 heteroatoms. The molecule has 3 aromatic rings. The molecule has 35 heavy (non-hydrogen) atoms. The average molecular weight is 476 g/mol. The molecule has 2 aliphatic rings. The number of anilines is 2. The number of nitrogens with zero attached hydrogens (tertiary/aromatic N) is 3. The molecule has 5 rings (SSSR count). The highest BCUT2D eigenvalue weighted by Gasteiger charge is 2.28. The standard InChI is InChI=1S/C27H29N3O5/c1-3-33-23-7-5-4-6-21(23)28-12-14-29(15-13-28)27(32)24-11-9-20(35-24)17-30-22-10-8-19(2)16-25(22)34-18-26(30)31/h4-11,16H,3,12-15,17-18H2,1-2H3. The molecular formula is C27H29N3O5. The average Bonchev–Trinajstić information content (AvgIpc) is 3.35. The Bertz CT molecular complexity index is 1230. The van der Waals surface area contributed by atoms with Crippen LogP contribution >= 0.6 is 0 Å². The third-order valence-electron chi connectivity index (χ3n) is 6.32. The van der Waals surface area contributed by atoms with Gasteiger partial charge in [0.15, 0.2) is 12.4 Å². The van der Waals surface area contributed by atoms with Crippen molar-refractivity contribution in [2.45, 2.75) is 20.4 Å². The van der Waals surface area contributed by atoms with E-state index in [0.29, 0.717) is 50.0 Å². The summed E-state index contributed by atoms with van der Waals surface area (Å²) >= 11 is 0. The molecule has 1 saturated heterocycles. The van der Waals surface area contributed by atoms with E-state index in [1.807, 2.05) is 56.3 Å². The fourth-order valence-electron chi connectivity index (χ4n) is 4.52. The van der Waals surface area contributed by atoms with Crippen molar-refractivity contribution in [2.75, 3.05) is 49.2 Å². The van der Waals surface area contributed by atoms with Crippen molar-refractivity contribution in [2.24, 2.45) is 0 Å². The largest absolute Gasteiger partial charge is 0.492 e. The molecule has 0 bridgehead atoms. The van der Waals surface area contributed by atoms with Crippen molar-refractivity contribution < 1.29 is 23.5 Å². The van der Waals surface area contributed by atoms with Gasteiger partial charge in [0.05, 0.1) is 24.5 Å². The molecule has 0 radical (unpaired) electrons. The predicted octanol–water partition coefficient (Wildman–Crippen LogP) is 3.87. The van der Waals surface area contributed by atoms with Crippen LogP contribution in [0.4, 0.5) is 11.4 Å². The van der Waals surface area contributed by atoms with Gasteiger partial charge in [0.25, 0.3) is 11.8 Å². The van der Waals surface area contributed by atoms with Crippen LogP contribution in [0.5, 0.6) is 11.5 Å². The number of carbonyl (C=O) groups excluding carboxylic acids is 2. The highest BCUT2D eigenvalue weighted by Crippen LogP contribution is 2.34. The summed E-state index contributed by atoms with van der Waals surface area (Å²) in [5.41, 5.74) is 2.82. The summed E-state index contributed by atoms with van der Waals surface area (Å²) in [4.78, 5) is 31.3. The highest BCUT2D eigenvalue weighted by atomic mass is 16.5. The fraction of sp³-hybridized carbons (Fsp3) is 0.333. The summed E-state index contributed by atoms with van der Waals surface area (Å²) in [7, 11) is 0. The van der Waals surface area contributed by atoms with E-state index in [1.165, 1.54) is 0 Å². The lowest BCUT2D eigenvalue weighted by molar-refractivity contribution is -0.121. The van der Waals surface area contributed by atoms with Crippen LogP contribution in [0, 0.1) is 6.92 Å². The second-order valence-electron chi connectivity index (χ2n) is 8.69. The maximum absolute atomic E-state index is 13.1. The van der Waals surface area contributed by atoms with Gasteiger partial charge in [-0.1, -0.05) is 18.2 Å². The topological polar surface area (TPSA) is 75.5 Å². The Labute approximate surface area is 204 Å². The first kappa shape index (κ1) is 22.8. The minimum Gasteiger partial charge on any atom is -0.492 e. The Morgan fingerprint density at radius 3 is 2.60 bits per heavy atom. The number of para-hydroxylation sites is 2. The van der Waals surface area contributed by atoms with Crippen molar-refractivity contribution in [1.29, 1.82) is 0 Å². The number of rotatable bonds is 6. The zero-order chi connectivity index (χ0) is 24.4. The highest BCUT2D eigenvalue weighted by molar-refractivity contribution is 5.97. The van der Waals surface area contributed by atoms with Crippen molar-refractivity contribution in [3.05, 3.63) is 71.7 Å². The summed E-state index contributed by atoms with van der Waals surface area (Å²) in [6.07, 6.45) is 0. The van der Waals surface area contributed by atoms with Crippen molar-refractivity contribution >= 4 is 23.2 Å². The Morgan fingerprint density at radius 2 is 1.80 bits per heavy atom. The predicted molar refractivity (Wildman–Crippen MR) is 132 cm³/mol. The van der Waals surface area contributed by atoms with Crippen molar-refractivity contribution in [3.8, 4) is 11.5 Å². The molecule has 2 amide bonds. The molecule has 182 valence electrons. The van der Waals surface area contributed by atoms with Gasteiger partial charge in [-0.25, -0.2) is 0 Å². The normalized spacial score (nSPS) is 15.6. The van der Waals surface area contributed by atoms with E-state index in [2.05, 4.69) is 4.90 Å². The Morgan fingerprint density at radius 1 is 1.00 bits per heavy atom. The molecule has 1 aromatic heterocycles. The Balaban J connectivity index is 1.23. The van der Waals surface area contributed by atoms with Crippen LogP contribution in [0.3, 0.4) is 0 Å². The number of amides is 2. The molecule has 0 spiro atoms. The van der Waals surface area contributed by atoms with Crippen molar-refractivity contribution in [3.63, 3.8) is 0 Å². The summed E-state index contributed by atoms with van der Waals surface area (Å²) < 4.78 is 17.2. The monoisotopic (exact) mass is 475 g/mol. The first-order valence-corrected chi connectivity index (χ1v) is 11.9. The summed E-state index contributed by atoms with van der Waals surface area (Å²) in [6.45, 7) is 7.38. The number of aryl methyl sites for hydroxylation is 1. The van der Waals surface area contributed by atoms with Gasteiger partial charge in [0, 0.05) is 26.2 Å². The number of benzene rings is 2. The zero-order valence-corrected chi connectivity index (χ0v) is 20.0. The lowest BCUT2D eigenvalue weighted by Gasteiger charge is -2.36. The van der Waals surface area contributed by atoms with Crippen LogP contribution in [0.1, 0.15) is 28.8 Å². The van der Waals surface area contributed by atoms with Crippen LogP contribution in [0.2, 0.25) is 0 Å². The fourth-order valence-corrected chi connectivity index (χ4v) is 4.52. The maximum Gasteiger partial charge on any atom is 0.289 e. The molecule has 0 N–H and O–H groups in total. The summed E-state index contributed by atoms with van der Waals surface area (Å²) in [6, 6.07) is 17.2. The molecule has 8 nitrogen and oxygen atoms in total. The summed E-state index contributed by atoms with van der Waals surface area (Å²) in [5.74, 6) is 2.09. The number of carbonyl (C=O) groups is 2. The maximum atomic E-state index is 13.1. The molecular weight excluding hydrogens is 446 g/mol. The first-order chi connectivity index (χ1) is 17.0. The lowest BCUT2D eigenvalue weighted by atomic mass is 10.1. The van der Waals surface area contributed by atoms with Gasteiger partial charge in [0.1, 0.15) is 17.3 Å². The van der Waals surface area contributed by atoms with E-state index in [-0.39, 0.29) is 30.7 Å². The SMILES string of the molecule is CCOc1ccccc1N1CCN(C(=O)c2ccc(CN3C(=O)COc4cc(C)ccc43)o2)CC1. The van der Waals surface area contributed by atoms with Crippen LogP contribution in [0.25, 0.3) is 0 Å². The van der Waals surface area contributed by atoms with E-state index < -0.39 is 0 Å². The van der Waals surface area contributed by atoms with Crippen LogP contribution in [-0.4, -0.2) is 56.1 Å². The number of hydrogen-bond acceptors (Lipinski definition) is 6. The smallest absolute Gasteiger partial charge is 0.289 e. The van der Waals surface area contributed by atoms with Crippen LogP contribution in [-0.2, 0) is 11.3 Å². The molecule has 0 aliphatic carbocycles. The van der Waals surface area contributed by atoms with Gasteiger partial charge in [-0.3, -0.25) is 14.5 Å². The van der Waals surface area contributed by atoms with Crippen molar-refractivity contribution in [1.82, 2.24) is 4.90 Å². The van der Waals surface area contributed by atoms with Gasteiger partial charge in [-0.15, -0.1) is 0 Å². The molecule has 0 saturated carbocycles. The van der Waals surface area contributed by atoms with Gasteiger partial charge in [-0.05, 0) is 55.8 Å². The van der Waals surface area contributed by atoms with E-state index in [4.69, 9.17) is 13.9 Å². The molecule has 0 atom stereocenters. The molecule has 3 heterocycles. The van der Waals surface area contributed by atoms with Gasteiger partial charge >= 0.3 is 0 Å². The second-order valence-corrected chi connectivity index (χ2v) is 8.69. The minimum absolute atomic E-state index is 0.0142. The minimum atomic E-state index is -0.144. The first-order valence-electron chi connectivity index (χ1n) is 11.9. The van der Waals surface area contributed by atoms with Gasteiger partial charge in [0.2, 0.25) is 0 Å². The quantitative estimate of drug-likeness (QED) is 0.539. The molecule has 2 aliphatic heterocycles. The van der Waals surface area contributed by atoms with Gasteiger partial charge < -0.3 is 23.7 Å². The van der Waals surface area contributed by atoms with E-state index in [1.54, 1.807) is 21.9 Å². The number of hydrogen-bond donors (Lipinski definition) is 0. The molecule has 2 aromatic carbocycles. The van der Waals surface area contributed by atoms with Gasteiger partial charge in [-0.2, -0.15) is 0 Å². The number of furan rings is 1. The van der Waals surface area contributed by atoms with Crippen LogP contribution < -0.4 is 19.3 Å². The molecule has 0 unspecified atom stereocenters. The van der Waals surface area contributed by atoms with E-state index in [0.717, 1.165) is 17.0 Å². The van der Waals surface area contributed by atoms with Crippen LogP contribution in [0.15, 0.2) is 59.0 Å². The number of ether oxygens (including phenoxy) is 2. The third kappa shape index (κ3) is 4.69. The number of piperazine rings is 1. The Kier molecular flexibility index (Phi) is 6.35. The summed E-state index contributed by atoms with van der Waals surface area (Å²) in [5, 5.41) is 0. The molecule has 1 fully saturated rings. The Hall–Kier alpha value is -3.94. The number of fused-ring (bicyclic) bond motifs is 1. The third-order valence-corrected chi connectivity index (χ3v) is 6.32. The van der Waals surface area contributed by atoms with E-state index >= 15 is 0 Å².